The number of aromatic hydroxyl groups is 1. The number of rotatable bonds is 11. The van der Waals surface area contributed by atoms with Gasteiger partial charge in [-0.15, -0.1) is 0 Å². The Kier molecular flexibility index (Phi) is 8.98. The largest absolute Gasteiger partial charge is 0.506 e. The molecule has 1 fully saturated rings. The molecule has 3 rings (SSSR count). The van der Waals surface area contributed by atoms with Gasteiger partial charge in [-0.2, -0.15) is 0 Å². The minimum absolute atomic E-state index is 0.0121. The first-order valence-corrected chi connectivity index (χ1v) is 13.7. The van der Waals surface area contributed by atoms with E-state index in [9.17, 15) is 28.5 Å². The van der Waals surface area contributed by atoms with Gasteiger partial charge in [-0.3, -0.25) is 4.72 Å². The fourth-order valence-corrected chi connectivity index (χ4v) is 5.00. The van der Waals surface area contributed by atoms with Crippen molar-refractivity contribution >= 4 is 21.7 Å². The number of aromatic carboxylic acids is 1. The van der Waals surface area contributed by atoms with Crippen molar-refractivity contribution in [1.82, 2.24) is 5.32 Å². The highest BCUT2D eigenvalue weighted by Gasteiger charge is 2.24. The van der Waals surface area contributed by atoms with Crippen molar-refractivity contribution in [3.05, 3.63) is 53.1 Å². The average molecular weight is 507 g/mol. The third kappa shape index (κ3) is 7.84. The number of aryl methyl sites for hydroxylation is 1. The Bertz CT molecular complexity index is 1130. The second kappa shape index (κ2) is 11.7. The number of phenolic OH excluding ortho intramolecular Hbond substituents is 1. The SMILES string of the molecule is CCc1cc(C2CCC(NC[C@H](O)COc3ccc(O)c(NS(C)(=O)=O)c3)CC2)ccc1C(=O)O. The monoisotopic (exact) mass is 506 g/mol. The lowest BCUT2D eigenvalue weighted by Gasteiger charge is -2.30. The summed E-state index contributed by atoms with van der Waals surface area (Å²) in [6.45, 7) is 2.34. The van der Waals surface area contributed by atoms with E-state index in [2.05, 4.69) is 10.0 Å². The van der Waals surface area contributed by atoms with Crippen LogP contribution in [0.2, 0.25) is 0 Å². The van der Waals surface area contributed by atoms with Crippen molar-refractivity contribution in [1.29, 1.82) is 0 Å². The molecule has 10 heteroatoms. The number of hydrogen-bond acceptors (Lipinski definition) is 7. The van der Waals surface area contributed by atoms with Crippen LogP contribution in [0, 0.1) is 0 Å². The molecular formula is C25H34N2O7S. The smallest absolute Gasteiger partial charge is 0.335 e. The second-order valence-corrected chi connectivity index (χ2v) is 10.8. The van der Waals surface area contributed by atoms with Gasteiger partial charge in [0.2, 0.25) is 10.0 Å². The van der Waals surface area contributed by atoms with Crippen LogP contribution in [0.4, 0.5) is 5.69 Å². The van der Waals surface area contributed by atoms with Crippen LogP contribution in [0.3, 0.4) is 0 Å². The molecule has 5 N–H and O–H groups in total. The Morgan fingerprint density at radius 1 is 1.14 bits per heavy atom. The Labute approximate surface area is 206 Å². The molecule has 9 nitrogen and oxygen atoms in total. The van der Waals surface area contributed by atoms with Crippen molar-refractivity contribution in [2.45, 2.75) is 57.1 Å². The predicted octanol–water partition coefficient (Wildman–Crippen LogP) is 3.08. The standard InChI is InChI=1S/C25H34N2O7S/c1-3-16-12-18(6-10-22(16)25(30)31)17-4-7-19(8-5-17)26-14-20(28)15-34-21-9-11-24(29)23(13-21)27-35(2,32)33/h6,9-13,17,19-20,26-29H,3-5,7-8,14-15H2,1-2H3,(H,30,31)/t17?,19?,20-/m0/s1. The molecule has 0 aromatic heterocycles. The van der Waals surface area contributed by atoms with Gasteiger partial charge in [0.25, 0.3) is 0 Å². The number of aliphatic hydroxyl groups excluding tert-OH is 1. The highest BCUT2D eigenvalue weighted by Crippen LogP contribution is 2.34. The van der Waals surface area contributed by atoms with E-state index >= 15 is 0 Å². The zero-order chi connectivity index (χ0) is 25.6. The normalized spacial score (nSPS) is 19.2. The number of aliphatic hydroxyl groups is 1. The molecule has 0 spiro atoms. The molecule has 0 radical (unpaired) electrons. The minimum atomic E-state index is -3.55. The molecule has 0 heterocycles. The number of benzene rings is 2. The third-order valence-electron chi connectivity index (χ3n) is 6.29. The summed E-state index contributed by atoms with van der Waals surface area (Å²) in [7, 11) is -3.55. The molecule has 0 saturated heterocycles. The first-order chi connectivity index (χ1) is 16.6. The van der Waals surface area contributed by atoms with E-state index in [-0.39, 0.29) is 24.1 Å². The van der Waals surface area contributed by atoms with Gasteiger partial charge < -0.3 is 25.4 Å². The average Bonchev–Trinajstić information content (AvgIpc) is 2.82. The number of carboxylic acid groups (broad SMARTS) is 1. The van der Waals surface area contributed by atoms with Crippen molar-refractivity contribution in [3.8, 4) is 11.5 Å². The molecule has 2 aromatic carbocycles. The third-order valence-corrected chi connectivity index (χ3v) is 6.88. The summed E-state index contributed by atoms with van der Waals surface area (Å²) in [5.41, 5.74) is 2.44. The maximum Gasteiger partial charge on any atom is 0.335 e. The molecule has 0 amide bonds. The summed E-state index contributed by atoms with van der Waals surface area (Å²) in [5.74, 6) is -0.378. The molecule has 0 bridgehead atoms. The van der Waals surface area contributed by atoms with Crippen LogP contribution in [-0.2, 0) is 16.4 Å². The number of carboxylic acids is 1. The number of phenols is 1. The van der Waals surface area contributed by atoms with Crippen molar-refractivity contribution in [3.63, 3.8) is 0 Å². The second-order valence-electron chi connectivity index (χ2n) is 9.05. The molecule has 1 aliphatic rings. The van der Waals surface area contributed by atoms with Crippen molar-refractivity contribution in [2.75, 3.05) is 24.1 Å². The number of ether oxygens (including phenoxy) is 1. The van der Waals surface area contributed by atoms with Gasteiger partial charge in [-0.05, 0) is 67.3 Å². The molecule has 1 atom stereocenters. The van der Waals surface area contributed by atoms with Gasteiger partial charge >= 0.3 is 5.97 Å². The summed E-state index contributed by atoms with van der Waals surface area (Å²) < 4.78 is 30.6. The Morgan fingerprint density at radius 2 is 1.86 bits per heavy atom. The van der Waals surface area contributed by atoms with E-state index in [1.807, 2.05) is 19.1 Å². The molecule has 35 heavy (non-hydrogen) atoms. The van der Waals surface area contributed by atoms with Crippen LogP contribution in [0.15, 0.2) is 36.4 Å². The van der Waals surface area contributed by atoms with E-state index in [0.29, 0.717) is 30.2 Å². The van der Waals surface area contributed by atoms with E-state index in [0.717, 1.165) is 37.5 Å². The van der Waals surface area contributed by atoms with E-state index in [4.69, 9.17) is 4.74 Å². The quantitative estimate of drug-likeness (QED) is 0.292. The van der Waals surface area contributed by atoms with Crippen LogP contribution in [0.5, 0.6) is 11.5 Å². The molecule has 1 saturated carbocycles. The number of sulfonamides is 1. The van der Waals surface area contributed by atoms with Gasteiger partial charge in [-0.25, -0.2) is 13.2 Å². The minimum Gasteiger partial charge on any atom is -0.506 e. The first kappa shape index (κ1) is 26.8. The molecule has 0 aliphatic heterocycles. The van der Waals surface area contributed by atoms with E-state index < -0.39 is 22.1 Å². The number of carbonyl (C=O) groups is 1. The van der Waals surface area contributed by atoms with Crippen LogP contribution in [0.25, 0.3) is 0 Å². The fraction of sp³-hybridized carbons (Fsp3) is 0.480. The van der Waals surface area contributed by atoms with Gasteiger partial charge in [-0.1, -0.05) is 19.1 Å². The van der Waals surface area contributed by atoms with Gasteiger partial charge in [0.05, 0.1) is 17.5 Å². The Balaban J connectivity index is 1.44. The zero-order valence-electron chi connectivity index (χ0n) is 20.0. The van der Waals surface area contributed by atoms with Crippen LogP contribution in [-0.4, -0.2) is 61.3 Å². The summed E-state index contributed by atoms with van der Waals surface area (Å²) >= 11 is 0. The van der Waals surface area contributed by atoms with Crippen LogP contribution >= 0.6 is 0 Å². The molecule has 2 aromatic rings. The van der Waals surface area contributed by atoms with Gasteiger partial charge in [0.1, 0.15) is 24.2 Å². The molecule has 0 unspecified atom stereocenters. The van der Waals surface area contributed by atoms with Crippen molar-refractivity contribution in [2.24, 2.45) is 0 Å². The lowest BCUT2D eigenvalue weighted by Crippen LogP contribution is -2.39. The van der Waals surface area contributed by atoms with Crippen molar-refractivity contribution < 1.29 is 33.3 Å². The topological polar surface area (TPSA) is 145 Å². The first-order valence-electron chi connectivity index (χ1n) is 11.8. The zero-order valence-corrected chi connectivity index (χ0v) is 20.8. The maximum absolute atomic E-state index is 11.4. The Morgan fingerprint density at radius 3 is 2.49 bits per heavy atom. The highest BCUT2D eigenvalue weighted by molar-refractivity contribution is 7.92. The maximum atomic E-state index is 11.4. The molecule has 192 valence electrons. The van der Waals surface area contributed by atoms with Crippen LogP contribution < -0.4 is 14.8 Å². The Hall–Kier alpha value is -2.82. The number of nitrogens with one attached hydrogen (secondary N) is 2. The summed E-state index contributed by atoms with van der Waals surface area (Å²) in [4.78, 5) is 11.4. The summed E-state index contributed by atoms with van der Waals surface area (Å²) in [6, 6.07) is 10.1. The lowest BCUT2D eigenvalue weighted by molar-refractivity contribution is 0.0695. The highest BCUT2D eigenvalue weighted by atomic mass is 32.2. The van der Waals surface area contributed by atoms with E-state index in [1.54, 1.807) is 6.07 Å². The number of hydrogen-bond donors (Lipinski definition) is 5. The fourth-order valence-electron chi connectivity index (χ4n) is 4.44. The van der Waals surface area contributed by atoms with E-state index in [1.165, 1.54) is 23.8 Å². The predicted molar refractivity (Wildman–Crippen MR) is 134 cm³/mol. The number of anilines is 1. The van der Waals surface area contributed by atoms with Gasteiger partial charge in [0.15, 0.2) is 0 Å². The lowest BCUT2D eigenvalue weighted by atomic mass is 9.80. The molecule has 1 aliphatic carbocycles. The molecular weight excluding hydrogens is 472 g/mol. The summed E-state index contributed by atoms with van der Waals surface area (Å²) in [6.07, 6.45) is 4.81. The van der Waals surface area contributed by atoms with Gasteiger partial charge in [0, 0.05) is 18.7 Å². The summed E-state index contributed by atoms with van der Waals surface area (Å²) in [5, 5.41) is 32.8. The van der Waals surface area contributed by atoms with Crippen LogP contribution in [0.1, 0.15) is 60.0 Å².